The van der Waals surface area contributed by atoms with Crippen molar-refractivity contribution < 1.29 is 14.3 Å². The highest BCUT2D eigenvalue weighted by Gasteiger charge is 2.16. The molecule has 0 aromatic heterocycles. The van der Waals surface area contributed by atoms with Gasteiger partial charge < -0.3 is 10.1 Å². The van der Waals surface area contributed by atoms with Crippen LogP contribution >= 0.6 is 23.2 Å². The van der Waals surface area contributed by atoms with Gasteiger partial charge in [0, 0.05) is 10.0 Å². The number of methoxy groups -OCH3 is 1. The predicted octanol–water partition coefficient (Wildman–Crippen LogP) is 2.21. The third kappa shape index (κ3) is 4.20. The lowest BCUT2D eigenvalue weighted by Crippen LogP contribution is -2.39. The Hall–Kier alpha value is -1.26. The molecule has 1 aromatic carbocycles. The summed E-state index contributed by atoms with van der Waals surface area (Å²) in [6, 6.07) is 4.19. The van der Waals surface area contributed by atoms with Crippen LogP contribution in [-0.2, 0) is 20.7 Å². The Labute approximate surface area is 115 Å². The van der Waals surface area contributed by atoms with E-state index in [4.69, 9.17) is 23.2 Å². The quantitative estimate of drug-likeness (QED) is 0.865. The number of nitrogens with one attached hydrogen (secondary N) is 1. The van der Waals surface area contributed by atoms with Crippen LogP contribution in [0.3, 0.4) is 0 Å². The van der Waals surface area contributed by atoms with Gasteiger partial charge in [-0.05, 0) is 30.7 Å². The van der Waals surface area contributed by atoms with E-state index in [1.54, 1.807) is 25.1 Å². The summed E-state index contributed by atoms with van der Waals surface area (Å²) in [6.07, 6.45) is 0.0563. The second-order valence-corrected chi connectivity index (χ2v) is 4.57. The third-order valence-electron chi connectivity index (χ3n) is 2.29. The number of carbonyl (C=O) groups is 2. The van der Waals surface area contributed by atoms with E-state index in [2.05, 4.69) is 10.1 Å². The van der Waals surface area contributed by atoms with E-state index in [0.717, 1.165) is 0 Å². The number of ether oxygens (including phenoxy) is 1. The zero-order chi connectivity index (χ0) is 13.7. The van der Waals surface area contributed by atoms with E-state index in [1.807, 2.05) is 0 Å². The maximum atomic E-state index is 11.7. The molecule has 0 fully saturated rings. The minimum absolute atomic E-state index is 0.0563. The van der Waals surface area contributed by atoms with Gasteiger partial charge in [-0.3, -0.25) is 4.79 Å². The molecule has 1 N–H and O–H groups in total. The second-order valence-electron chi connectivity index (χ2n) is 3.72. The van der Waals surface area contributed by atoms with E-state index in [9.17, 15) is 9.59 Å². The molecule has 0 saturated carbocycles. The van der Waals surface area contributed by atoms with Crippen molar-refractivity contribution in [1.82, 2.24) is 5.32 Å². The predicted molar refractivity (Wildman–Crippen MR) is 69.8 cm³/mol. The fourth-order valence-corrected chi connectivity index (χ4v) is 1.76. The number of benzene rings is 1. The van der Waals surface area contributed by atoms with Crippen molar-refractivity contribution in [2.45, 2.75) is 19.4 Å². The molecular weight excluding hydrogens is 277 g/mol. The van der Waals surface area contributed by atoms with Crippen LogP contribution in [0.25, 0.3) is 0 Å². The molecule has 6 heteroatoms. The van der Waals surface area contributed by atoms with Crippen LogP contribution in [0.15, 0.2) is 18.2 Å². The van der Waals surface area contributed by atoms with Crippen molar-refractivity contribution in [3.05, 3.63) is 33.8 Å². The Kier molecular flexibility index (Phi) is 5.44. The Morgan fingerprint density at radius 2 is 2.06 bits per heavy atom. The van der Waals surface area contributed by atoms with Gasteiger partial charge in [-0.25, -0.2) is 4.79 Å². The van der Waals surface area contributed by atoms with Gasteiger partial charge in [0.25, 0.3) is 0 Å². The third-order valence-corrected chi connectivity index (χ3v) is 2.89. The van der Waals surface area contributed by atoms with Gasteiger partial charge in [0.2, 0.25) is 5.91 Å². The highest BCUT2D eigenvalue weighted by molar-refractivity contribution is 6.33. The van der Waals surface area contributed by atoms with Crippen molar-refractivity contribution in [1.29, 1.82) is 0 Å². The van der Waals surface area contributed by atoms with Crippen LogP contribution in [0.5, 0.6) is 0 Å². The van der Waals surface area contributed by atoms with E-state index in [1.165, 1.54) is 7.11 Å². The highest BCUT2D eigenvalue weighted by atomic mass is 35.5. The zero-order valence-corrected chi connectivity index (χ0v) is 11.5. The molecule has 1 atom stereocenters. The molecule has 1 amide bonds. The molecule has 0 aliphatic rings. The molecule has 0 heterocycles. The molecule has 98 valence electrons. The van der Waals surface area contributed by atoms with Crippen molar-refractivity contribution in [2.24, 2.45) is 0 Å². The molecule has 0 bridgehead atoms. The summed E-state index contributed by atoms with van der Waals surface area (Å²) < 4.78 is 4.51. The second kappa shape index (κ2) is 6.61. The van der Waals surface area contributed by atoms with Crippen molar-refractivity contribution in [2.75, 3.05) is 7.11 Å². The molecule has 0 aliphatic carbocycles. The first-order valence-corrected chi connectivity index (χ1v) is 6.00. The fourth-order valence-electron chi connectivity index (χ4n) is 1.38. The SMILES string of the molecule is COC(=O)[C@H](C)NC(=O)Cc1cc(Cl)ccc1Cl. The normalized spacial score (nSPS) is 11.8. The molecule has 0 saturated heterocycles. The van der Waals surface area contributed by atoms with Crippen LogP contribution in [0.4, 0.5) is 0 Å². The Morgan fingerprint density at radius 3 is 2.67 bits per heavy atom. The molecular formula is C12H13Cl2NO3. The fraction of sp³-hybridized carbons (Fsp3) is 0.333. The van der Waals surface area contributed by atoms with Crippen LogP contribution in [-0.4, -0.2) is 25.0 Å². The summed E-state index contributed by atoms with van der Waals surface area (Å²) in [7, 11) is 1.26. The topological polar surface area (TPSA) is 55.4 Å². The Bertz CT molecular complexity index is 463. The maximum Gasteiger partial charge on any atom is 0.328 e. The number of hydrogen-bond acceptors (Lipinski definition) is 3. The lowest BCUT2D eigenvalue weighted by molar-refractivity contribution is -0.144. The largest absolute Gasteiger partial charge is 0.467 e. The van der Waals surface area contributed by atoms with Gasteiger partial charge in [-0.2, -0.15) is 0 Å². The number of esters is 1. The van der Waals surface area contributed by atoms with E-state index >= 15 is 0 Å². The summed E-state index contributed by atoms with van der Waals surface area (Å²) >= 11 is 11.8. The van der Waals surface area contributed by atoms with Crippen molar-refractivity contribution in [3.63, 3.8) is 0 Å². The van der Waals surface area contributed by atoms with Gasteiger partial charge in [0.15, 0.2) is 0 Å². The lowest BCUT2D eigenvalue weighted by Gasteiger charge is -2.12. The minimum Gasteiger partial charge on any atom is -0.467 e. The summed E-state index contributed by atoms with van der Waals surface area (Å²) in [5, 5.41) is 3.47. The van der Waals surface area contributed by atoms with Crippen LogP contribution in [0.1, 0.15) is 12.5 Å². The summed E-state index contributed by atoms with van der Waals surface area (Å²) in [5.41, 5.74) is 0.610. The Balaban J connectivity index is 2.65. The maximum absolute atomic E-state index is 11.7. The minimum atomic E-state index is -0.694. The number of carbonyl (C=O) groups excluding carboxylic acids is 2. The smallest absolute Gasteiger partial charge is 0.328 e. The first-order chi connectivity index (χ1) is 8.43. The standard InChI is InChI=1S/C12H13Cl2NO3/c1-7(12(17)18-2)15-11(16)6-8-5-9(13)3-4-10(8)14/h3-5,7H,6H2,1-2H3,(H,15,16)/t7-/m0/s1. The summed E-state index contributed by atoms with van der Waals surface area (Å²) in [4.78, 5) is 22.8. The van der Waals surface area contributed by atoms with Gasteiger partial charge in [-0.15, -0.1) is 0 Å². The van der Waals surface area contributed by atoms with Gasteiger partial charge >= 0.3 is 5.97 Å². The molecule has 0 spiro atoms. The van der Waals surface area contributed by atoms with E-state index in [-0.39, 0.29) is 12.3 Å². The first kappa shape index (κ1) is 14.8. The highest BCUT2D eigenvalue weighted by Crippen LogP contribution is 2.20. The Morgan fingerprint density at radius 1 is 1.39 bits per heavy atom. The van der Waals surface area contributed by atoms with Gasteiger partial charge in [-0.1, -0.05) is 23.2 Å². The zero-order valence-electron chi connectivity index (χ0n) is 10.00. The number of amides is 1. The number of halogens is 2. The van der Waals surface area contributed by atoms with E-state index < -0.39 is 12.0 Å². The van der Waals surface area contributed by atoms with Crippen LogP contribution < -0.4 is 5.32 Å². The molecule has 0 unspecified atom stereocenters. The monoisotopic (exact) mass is 289 g/mol. The molecule has 0 aliphatic heterocycles. The van der Waals surface area contributed by atoms with E-state index in [0.29, 0.717) is 15.6 Å². The average molecular weight is 290 g/mol. The van der Waals surface area contributed by atoms with Crippen LogP contribution in [0, 0.1) is 0 Å². The molecule has 0 radical (unpaired) electrons. The van der Waals surface area contributed by atoms with Gasteiger partial charge in [0.1, 0.15) is 6.04 Å². The average Bonchev–Trinajstić information content (AvgIpc) is 2.32. The van der Waals surface area contributed by atoms with Crippen molar-refractivity contribution in [3.8, 4) is 0 Å². The summed E-state index contributed by atoms with van der Waals surface area (Å²) in [6.45, 7) is 1.54. The van der Waals surface area contributed by atoms with Gasteiger partial charge in [0.05, 0.1) is 13.5 Å². The number of hydrogen-bond donors (Lipinski definition) is 1. The van der Waals surface area contributed by atoms with Crippen molar-refractivity contribution >= 4 is 35.1 Å². The lowest BCUT2D eigenvalue weighted by atomic mass is 10.1. The molecule has 4 nitrogen and oxygen atoms in total. The molecule has 18 heavy (non-hydrogen) atoms. The number of rotatable bonds is 4. The molecule has 1 rings (SSSR count). The summed E-state index contributed by atoms with van der Waals surface area (Å²) in [5.74, 6) is -0.822. The van der Waals surface area contributed by atoms with Crippen LogP contribution in [0.2, 0.25) is 10.0 Å². The molecule has 1 aromatic rings. The first-order valence-electron chi connectivity index (χ1n) is 5.25.